The van der Waals surface area contributed by atoms with Crippen molar-refractivity contribution in [1.29, 1.82) is 0 Å². The number of hydrogen-bond donors (Lipinski definition) is 0. The Morgan fingerprint density at radius 3 is 2.29 bits per heavy atom. The Morgan fingerprint density at radius 2 is 1.93 bits per heavy atom. The summed E-state index contributed by atoms with van der Waals surface area (Å²) in [6.45, 7) is 10.8. The molecule has 2 nitrogen and oxygen atoms in total. The SMILES string of the molecule is CC(C)(C)[Si](C)(C)OC(Cl)CCC=O. The lowest BCUT2D eigenvalue weighted by atomic mass is 10.2. The first-order valence-corrected chi connectivity index (χ1v) is 8.30. The molecule has 0 amide bonds. The van der Waals surface area contributed by atoms with Gasteiger partial charge in [-0.1, -0.05) is 32.4 Å². The van der Waals surface area contributed by atoms with Crippen LogP contribution < -0.4 is 0 Å². The van der Waals surface area contributed by atoms with Gasteiger partial charge in [-0.3, -0.25) is 0 Å². The molecule has 0 saturated heterocycles. The second-order valence-corrected chi connectivity index (χ2v) is 10.3. The average molecular weight is 237 g/mol. The van der Waals surface area contributed by atoms with Gasteiger partial charge in [-0.25, -0.2) is 0 Å². The summed E-state index contributed by atoms with van der Waals surface area (Å²) in [5.41, 5.74) is -0.318. The molecule has 0 aromatic heterocycles. The van der Waals surface area contributed by atoms with Crippen LogP contribution in [0.25, 0.3) is 0 Å². The molecule has 0 saturated carbocycles. The second-order valence-electron chi connectivity index (χ2n) is 5.03. The van der Waals surface area contributed by atoms with Crippen molar-refractivity contribution >= 4 is 26.2 Å². The van der Waals surface area contributed by atoms with E-state index in [2.05, 4.69) is 33.9 Å². The number of rotatable bonds is 5. The van der Waals surface area contributed by atoms with Crippen LogP contribution in [0.15, 0.2) is 0 Å². The van der Waals surface area contributed by atoms with Crippen molar-refractivity contribution in [2.24, 2.45) is 0 Å². The highest BCUT2D eigenvalue weighted by Gasteiger charge is 2.38. The van der Waals surface area contributed by atoms with E-state index in [0.29, 0.717) is 12.8 Å². The van der Waals surface area contributed by atoms with Crippen molar-refractivity contribution in [3.63, 3.8) is 0 Å². The first-order chi connectivity index (χ1) is 6.20. The fourth-order valence-corrected chi connectivity index (χ4v) is 2.66. The zero-order valence-electron chi connectivity index (χ0n) is 9.76. The molecular weight excluding hydrogens is 216 g/mol. The van der Waals surface area contributed by atoms with Crippen molar-refractivity contribution in [3.05, 3.63) is 0 Å². The molecule has 0 radical (unpaired) electrons. The summed E-state index contributed by atoms with van der Waals surface area (Å²) in [6, 6.07) is 0. The first kappa shape index (κ1) is 14.1. The predicted octanol–water partition coefficient (Wildman–Crippen LogP) is 3.55. The summed E-state index contributed by atoms with van der Waals surface area (Å²) in [5.74, 6) is 0. The maximum atomic E-state index is 10.2. The summed E-state index contributed by atoms with van der Waals surface area (Å²) in [5, 5.41) is 0.168. The number of carbonyl (C=O) groups excluding carboxylic acids is 1. The lowest BCUT2D eigenvalue weighted by Gasteiger charge is -2.37. The Bertz CT molecular complexity index is 187. The van der Waals surface area contributed by atoms with Gasteiger partial charge in [0.1, 0.15) is 11.8 Å². The molecule has 0 spiro atoms. The van der Waals surface area contributed by atoms with E-state index >= 15 is 0 Å². The third kappa shape index (κ3) is 4.58. The largest absolute Gasteiger partial charge is 0.401 e. The van der Waals surface area contributed by atoms with Gasteiger partial charge in [0.05, 0.1) is 0 Å². The van der Waals surface area contributed by atoms with E-state index in [1.54, 1.807) is 0 Å². The minimum Gasteiger partial charge on any atom is -0.401 e. The maximum Gasteiger partial charge on any atom is 0.194 e. The van der Waals surface area contributed by atoms with Gasteiger partial charge in [-0.2, -0.15) is 0 Å². The van der Waals surface area contributed by atoms with Crippen LogP contribution in [0.5, 0.6) is 0 Å². The fourth-order valence-electron chi connectivity index (χ4n) is 0.754. The van der Waals surface area contributed by atoms with Crippen LogP contribution in [0, 0.1) is 0 Å². The lowest BCUT2D eigenvalue weighted by Crippen LogP contribution is -2.42. The fraction of sp³-hybridized carbons (Fsp3) is 0.900. The quantitative estimate of drug-likeness (QED) is 0.415. The van der Waals surface area contributed by atoms with E-state index in [9.17, 15) is 4.79 Å². The molecule has 4 heteroatoms. The van der Waals surface area contributed by atoms with Crippen LogP contribution in [0.3, 0.4) is 0 Å². The van der Waals surface area contributed by atoms with E-state index < -0.39 is 8.32 Å². The van der Waals surface area contributed by atoms with Gasteiger partial charge in [0.25, 0.3) is 0 Å². The molecule has 0 aliphatic carbocycles. The van der Waals surface area contributed by atoms with E-state index in [4.69, 9.17) is 16.0 Å². The highest BCUT2D eigenvalue weighted by molar-refractivity contribution is 6.74. The van der Waals surface area contributed by atoms with Crippen LogP contribution in [-0.2, 0) is 9.22 Å². The molecule has 0 heterocycles. The van der Waals surface area contributed by atoms with Crippen LogP contribution in [-0.4, -0.2) is 20.2 Å². The lowest BCUT2D eigenvalue weighted by molar-refractivity contribution is -0.108. The summed E-state index contributed by atoms with van der Waals surface area (Å²) in [6.07, 6.45) is 1.96. The summed E-state index contributed by atoms with van der Waals surface area (Å²) >= 11 is 6.00. The van der Waals surface area contributed by atoms with Crippen LogP contribution in [0.4, 0.5) is 0 Å². The van der Waals surface area contributed by atoms with E-state index in [1.807, 2.05) is 0 Å². The molecule has 84 valence electrons. The zero-order chi connectivity index (χ0) is 11.4. The zero-order valence-corrected chi connectivity index (χ0v) is 11.5. The molecule has 0 bridgehead atoms. The Hall–Kier alpha value is 0.137. The van der Waals surface area contributed by atoms with Gasteiger partial charge in [0, 0.05) is 6.42 Å². The molecule has 0 aliphatic heterocycles. The molecule has 14 heavy (non-hydrogen) atoms. The Labute approximate surface area is 93.1 Å². The molecule has 0 aromatic carbocycles. The van der Waals surface area contributed by atoms with E-state index in [0.717, 1.165) is 6.29 Å². The number of carbonyl (C=O) groups is 1. The smallest absolute Gasteiger partial charge is 0.194 e. The van der Waals surface area contributed by atoms with Crippen molar-refractivity contribution in [2.75, 3.05) is 0 Å². The molecule has 0 rings (SSSR count). The molecule has 0 aliphatic rings. The monoisotopic (exact) mass is 236 g/mol. The van der Waals surface area contributed by atoms with Crippen LogP contribution in [0.2, 0.25) is 18.1 Å². The summed E-state index contributed by atoms with van der Waals surface area (Å²) < 4.78 is 5.85. The minimum atomic E-state index is -1.77. The van der Waals surface area contributed by atoms with Crippen molar-refractivity contribution in [1.82, 2.24) is 0 Å². The van der Waals surface area contributed by atoms with Crippen LogP contribution in [0.1, 0.15) is 33.6 Å². The van der Waals surface area contributed by atoms with Gasteiger partial charge < -0.3 is 9.22 Å². The van der Waals surface area contributed by atoms with Gasteiger partial charge in [0.15, 0.2) is 8.32 Å². The van der Waals surface area contributed by atoms with Gasteiger partial charge >= 0.3 is 0 Å². The normalized spacial score (nSPS) is 15.3. The van der Waals surface area contributed by atoms with E-state index in [1.165, 1.54) is 0 Å². The molecule has 0 fully saturated rings. The van der Waals surface area contributed by atoms with Gasteiger partial charge in [-0.15, -0.1) is 0 Å². The average Bonchev–Trinajstić information content (AvgIpc) is 1.97. The van der Waals surface area contributed by atoms with Crippen molar-refractivity contribution in [3.8, 4) is 0 Å². The Balaban J connectivity index is 4.15. The molecule has 1 atom stereocenters. The molecule has 0 aromatic rings. The number of halogens is 1. The standard InChI is InChI=1S/C10H21ClO2Si/c1-10(2,3)14(4,5)13-9(11)7-6-8-12/h8-9H,6-7H2,1-5H3. The highest BCUT2D eigenvalue weighted by atomic mass is 35.5. The van der Waals surface area contributed by atoms with Crippen LogP contribution >= 0.6 is 11.6 Å². The second kappa shape index (κ2) is 5.28. The third-order valence-corrected chi connectivity index (χ3v) is 7.68. The topological polar surface area (TPSA) is 26.3 Å². The first-order valence-electron chi connectivity index (χ1n) is 4.96. The predicted molar refractivity (Wildman–Crippen MR) is 63.2 cm³/mol. The number of hydrogen-bond acceptors (Lipinski definition) is 2. The van der Waals surface area contributed by atoms with Gasteiger partial charge in [0.2, 0.25) is 0 Å². The van der Waals surface area contributed by atoms with Crippen molar-refractivity contribution < 1.29 is 9.22 Å². The number of aldehydes is 1. The maximum absolute atomic E-state index is 10.2. The highest BCUT2D eigenvalue weighted by Crippen LogP contribution is 2.38. The Morgan fingerprint density at radius 1 is 1.43 bits per heavy atom. The molecular formula is C10H21ClO2Si. The van der Waals surface area contributed by atoms with Crippen molar-refractivity contribution in [2.45, 2.75) is 57.3 Å². The molecule has 0 N–H and O–H groups in total. The number of alkyl halides is 1. The summed E-state index contributed by atoms with van der Waals surface area (Å²) in [7, 11) is -1.77. The Kier molecular flexibility index (Phi) is 5.34. The summed E-state index contributed by atoms with van der Waals surface area (Å²) in [4.78, 5) is 10.2. The third-order valence-electron chi connectivity index (χ3n) is 2.74. The molecule has 1 unspecified atom stereocenters. The minimum absolute atomic E-state index is 0.168. The van der Waals surface area contributed by atoms with Gasteiger partial charge in [-0.05, 0) is 24.6 Å². The van der Waals surface area contributed by atoms with E-state index in [-0.39, 0.29) is 10.6 Å².